The number of carbonyl (C=O) groups is 1. The van der Waals surface area contributed by atoms with Gasteiger partial charge in [0.05, 0.1) is 10.3 Å². The molecule has 5 N–H and O–H groups in total. The highest BCUT2D eigenvalue weighted by atomic mass is 35.5. The predicted octanol–water partition coefficient (Wildman–Crippen LogP) is 2.55. The van der Waals surface area contributed by atoms with Crippen molar-refractivity contribution in [2.75, 3.05) is 16.8 Å². The summed E-state index contributed by atoms with van der Waals surface area (Å²) in [6, 6.07) is 5.36. The van der Waals surface area contributed by atoms with Gasteiger partial charge in [-0.1, -0.05) is 23.4 Å². The molecule has 1 aromatic heterocycles. The first-order valence-electron chi connectivity index (χ1n) is 6.18. The van der Waals surface area contributed by atoms with Crippen LogP contribution in [0, 0.1) is 5.82 Å². The molecule has 1 heterocycles. The molecule has 2 rings (SSSR count). The van der Waals surface area contributed by atoms with Gasteiger partial charge in [0.15, 0.2) is 5.16 Å². The molecular formula is C13H13ClFN5OS. The number of carbonyl (C=O) groups excluding carboxylic acids is 1. The number of nitrogens with two attached hydrogens (primary N) is 2. The topological polar surface area (TPSA) is 107 Å². The minimum absolute atomic E-state index is 0.0648. The maximum atomic E-state index is 13.1. The van der Waals surface area contributed by atoms with Crippen molar-refractivity contribution in [3.8, 4) is 0 Å². The van der Waals surface area contributed by atoms with E-state index < -0.39 is 11.1 Å². The van der Waals surface area contributed by atoms with E-state index in [1.807, 2.05) is 0 Å². The van der Waals surface area contributed by atoms with Crippen LogP contribution in [0.15, 0.2) is 29.4 Å². The molecule has 0 saturated heterocycles. The van der Waals surface area contributed by atoms with Crippen molar-refractivity contribution in [2.45, 2.75) is 17.3 Å². The maximum Gasteiger partial charge on any atom is 0.237 e. The van der Waals surface area contributed by atoms with Gasteiger partial charge in [0, 0.05) is 11.8 Å². The molecule has 1 atom stereocenters. The van der Waals surface area contributed by atoms with Gasteiger partial charge in [-0.25, -0.2) is 14.4 Å². The van der Waals surface area contributed by atoms with Crippen LogP contribution in [0.4, 0.5) is 21.7 Å². The van der Waals surface area contributed by atoms with Gasteiger partial charge in [-0.2, -0.15) is 0 Å². The Labute approximate surface area is 135 Å². The zero-order valence-electron chi connectivity index (χ0n) is 11.5. The van der Waals surface area contributed by atoms with Crippen molar-refractivity contribution >= 4 is 46.6 Å². The van der Waals surface area contributed by atoms with Crippen molar-refractivity contribution in [2.24, 2.45) is 0 Å². The molecule has 9 heteroatoms. The second-order valence-corrected chi connectivity index (χ2v) is 6.09. The Kier molecular flexibility index (Phi) is 5.04. The molecule has 0 aliphatic heterocycles. The largest absolute Gasteiger partial charge is 0.383 e. The van der Waals surface area contributed by atoms with Crippen molar-refractivity contribution in [1.82, 2.24) is 9.97 Å². The number of amides is 1. The lowest BCUT2D eigenvalue weighted by Crippen LogP contribution is -2.22. The van der Waals surface area contributed by atoms with E-state index in [-0.39, 0.29) is 22.6 Å². The summed E-state index contributed by atoms with van der Waals surface area (Å²) in [6.07, 6.45) is 0. The fourth-order valence-electron chi connectivity index (χ4n) is 1.54. The molecule has 0 aliphatic rings. The third-order valence-corrected chi connectivity index (χ3v) is 3.83. The highest BCUT2D eigenvalue weighted by Gasteiger charge is 2.17. The smallest absolute Gasteiger partial charge is 0.237 e. The van der Waals surface area contributed by atoms with Gasteiger partial charge in [-0.15, -0.1) is 0 Å². The summed E-state index contributed by atoms with van der Waals surface area (Å²) in [6.45, 7) is 1.67. The number of nitrogens with zero attached hydrogens (tertiary/aromatic N) is 2. The summed E-state index contributed by atoms with van der Waals surface area (Å²) in [7, 11) is 0. The summed E-state index contributed by atoms with van der Waals surface area (Å²) in [5.41, 5.74) is 11.5. The SMILES string of the molecule is C[C@H](Sc1nc(N)cc(N)n1)C(=O)Nc1ccc(F)c(Cl)c1. The molecule has 0 radical (unpaired) electrons. The predicted molar refractivity (Wildman–Crippen MR) is 86.2 cm³/mol. The molecule has 0 spiro atoms. The minimum Gasteiger partial charge on any atom is -0.383 e. The lowest BCUT2D eigenvalue weighted by atomic mass is 10.3. The Hall–Kier alpha value is -2.06. The molecule has 0 aliphatic carbocycles. The quantitative estimate of drug-likeness (QED) is 0.582. The minimum atomic E-state index is -0.550. The average Bonchev–Trinajstić information content (AvgIpc) is 2.41. The molecule has 2 aromatic rings. The molecule has 0 saturated carbocycles. The Morgan fingerprint density at radius 2 is 1.95 bits per heavy atom. The van der Waals surface area contributed by atoms with Crippen molar-refractivity contribution in [1.29, 1.82) is 0 Å². The first-order chi connectivity index (χ1) is 10.3. The molecule has 0 fully saturated rings. The Morgan fingerprint density at radius 3 is 2.55 bits per heavy atom. The van der Waals surface area contributed by atoms with Gasteiger partial charge < -0.3 is 16.8 Å². The fraction of sp³-hybridized carbons (Fsp3) is 0.154. The van der Waals surface area contributed by atoms with E-state index in [2.05, 4.69) is 15.3 Å². The molecule has 6 nitrogen and oxygen atoms in total. The number of nitrogen functional groups attached to an aromatic ring is 2. The standard InChI is InChI=1S/C13H13ClFN5OS/c1-6(22-13-19-10(16)5-11(17)20-13)12(21)18-7-2-3-9(15)8(14)4-7/h2-6H,1H3,(H,18,21)(H4,16,17,19,20)/t6-/m0/s1. The van der Waals surface area contributed by atoms with Gasteiger partial charge in [-0.05, 0) is 25.1 Å². The van der Waals surface area contributed by atoms with Crippen LogP contribution in [0.1, 0.15) is 6.92 Å². The first kappa shape index (κ1) is 16.3. The first-order valence-corrected chi connectivity index (χ1v) is 7.43. The molecule has 0 bridgehead atoms. The van der Waals surface area contributed by atoms with E-state index in [1.54, 1.807) is 6.92 Å². The number of hydrogen-bond acceptors (Lipinski definition) is 6. The number of anilines is 3. The third kappa shape index (κ3) is 4.22. The van der Waals surface area contributed by atoms with Crippen LogP contribution in [-0.4, -0.2) is 21.1 Å². The lowest BCUT2D eigenvalue weighted by Gasteiger charge is -2.12. The summed E-state index contributed by atoms with van der Waals surface area (Å²) < 4.78 is 13.1. The van der Waals surface area contributed by atoms with E-state index in [0.29, 0.717) is 10.8 Å². The van der Waals surface area contributed by atoms with Crippen LogP contribution in [0.3, 0.4) is 0 Å². The van der Waals surface area contributed by atoms with Gasteiger partial charge in [0.2, 0.25) is 5.91 Å². The number of nitrogens with one attached hydrogen (secondary N) is 1. The molecular weight excluding hydrogens is 329 g/mol. The zero-order chi connectivity index (χ0) is 16.3. The van der Waals surface area contributed by atoms with Gasteiger partial charge in [0.25, 0.3) is 0 Å². The van der Waals surface area contributed by atoms with E-state index in [4.69, 9.17) is 23.1 Å². The van der Waals surface area contributed by atoms with Crippen LogP contribution in [0.2, 0.25) is 5.02 Å². The molecule has 1 aromatic carbocycles. The van der Waals surface area contributed by atoms with Crippen molar-refractivity contribution in [3.05, 3.63) is 35.1 Å². The third-order valence-electron chi connectivity index (χ3n) is 2.58. The van der Waals surface area contributed by atoms with Crippen molar-refractivity contribution in [3.63, 3.8) is 0 Å². The number of benzene rings is 1. The van der Waals surface area contributed by atoms with Crippen LogP contribution >= 0.6 is 23.4 Å². The zero-order valence-corrected chi connectivity index (χ0v) is 13.1. The lowest BCUT2D eigenvalue weighted by molar-refractivity contribution is -0.115. The Balaban J connectivity index is 2.04. The normalized spacial score (nSPS) is 12.0. The van der Waals surface area contributed by atoms with E-state index in [0.717, 1.165) is 11.8 Å². The molecule has 0 unspecified atom stereocenters. The molecule has 1 amide bonds. The van der Waals surface area contributed by atoms with Crippen LogP contribution in [0.25, 0.3) is 0 Å². The van der Waals surface area contributed by atoms with E-state index >= 15 is 0 Å². The number of thioether (sulfide) groups is 1. The molecule has 22 heavy (non-hydrogen) atoms. The van der Waals surface area contributed by atoms with Gasteiger partial charge >= 0.3 is 0 Å². The van der Waals surface area contributed by atoms with Gasteiger partial charge in [0.1, 0.15) is 17.5 Å². The second kappa shape index (κ2) is 6.80. The van der Waals surface area contributed by atoms with Crippen LogP contribution in [-0.2, 0) is 4.79 Å². The van der Waals surface area contributed by atoms with E-state index in [1.165, 1.54) is 24.3 Å². The fourth-order valence-corrected chi connectivity index (χ4v) is 2.52. The Bertz CT molecular complexity index is 695. The summed E-state index contributed by atoms with van der Waals surface area (Å²) >= 11 is 6.77. The van der Waals surface area contributed by atoms with E-state index in [9.17, 15) is 9.18 Å². The maximum absolute atomic E-state index is 13.1. The summed E-state index contributed by atoms with van der Waals surface area (Å²) in [4.78, 5) is 20.1. The van der Waals surface area contributed by atoms with Crippen molar-refractivity contribution < 1.29 is 9.18 Å². The van der Waals surface area contributed by atoms with Crippen LogP contribution < -0.4 is 16.8 Å². The highest BCUT2D eigenvalue weighted by Crippen LogP contribution is 2.24. The number of aromatic nitrogens is 2. The number of halogens is 2. The number of rotatable bonds is 4. The summed E-state index contributed by atoms with van der Waals surface area (Å²) in [5, 5.41) is 2.36. The molecule has 116 valence electrons. The van der Waals surface area contributed by atoms with Gasteiger partial charge in [-0.3, -0.25) is 4.79 Å². The highest BCUT2D eigenvalue weighted by molar-refractivity contribution is 8.00. The van der Waals surface area contributed by atoms with Crippen LogP contribution in [0.5, 0.6) is 0 Å². The Morgan fingerprint density at radius 1 is 1.32 bits per heavy atom. The summed E-state index contributed by atoms with van der Waals surface area (Å²) in [5.74, 6) is -0.399. The monoisotopic (exact) mass is 341 g/mol. The average molecular weight is 342 g/mol. The second-order valence-electron chi connectivity index (χ2n) is 4.38. The number of hydrogen-bond donors (Lipinski definition) is 3.